The van der Waals surface area contributed by atoms with E-state index in [-0.39, 0.29) is 4.90 Å². The van der Waals surface area contributed by atoms with Gasteiger partial charge in [-0.3, -0.25) is 4.72 Å². The number of rotatable bonds is 4. The number of nitrogens with one attached hydrogen (secondary N) is 1. The molecule has 1 N–H and O–H groups in total. The number of hydrogen-bond acceptors (Lipinski definition) is 3. The normalized spacial score (nSPS) is 11.5. The molecule has 0 aliphatic rings. The molecule has 6 heteroatoms. The molecule has 0 radical (unpaired) electrons. The van der Waals surface area contributed by atoms with Gasteiger partial charge in [0.2, 0.25) is 0 Å². The molecule has 3 rings (SSSR count). The fourth-order valence-corrected chi connectivity index (χ4v) is 3.94. The molecule has 124 valence electrons. The lowest BCUT2D eigenvalue weighted by Gasteiger charge is -2.14. The van der Waals surface area contributed by atoms with Gasteiger partial charge in [0, 0.05) is 12.4 Å². The van der Waals surface area contributed by atoms with Crippen molar-refractivity contribution in [2.75, 3.05) is 4.72 Å². The molecule has 0 atom stereocenters. The highest BCUT2D eigenvalue weighted by atomic mass is 32.2. The van der Waals surface area contributed by atoms with Gasteiger partial charge in [-0.1, -0.05) is 17.7 Å². The van der Waals surface area contributed by atoms with E-state index in [4.69, 9.17) is 0 Å². The van der Waals surface area contributed by atoms with Crippen molar-refractivity contribution >= 4 is 15.7 Å². The van der Waals surface area contributed by atoms with Crippen molar-refractivity contribution in [3.63, 3.8) is 0 Å². The van der Waals surface area contributed by atoms with E-state index in [1.807, 2.05) is 39.0 Å². The van der Waals surface area contributed by atoms with Crippen LogP contribution < -0.4 is 4.72 Å². The molecule has 3 aromatic rings. The fraction of sp³-hybridized carbons (Fsp3) is 0.167. The summed E-state index contributed by atoms with van der Waals surface area (Å²) in [4.78, 5) is 0.220. The molecule has 2 aromatic carbocycles. The summed E-state index contributed by atoms with van der Waals surface area (Å²) in [6.45, 7) is 5.80. The number of benzene rings is 2. The lowest BCUT2D eigenvalue weighted by Crippen LogP contribution is -2.15. The minimum Gasteiger partial charge on any atom is -0.279 e. The third-order valence-electron chi connectivity index (χ3n) is 3.83. The molecule has 0 aliphatic carbocycles. The van der Waals surface area contributed by atoms with E-state index in [9.17, 15) is 8.42 Å². The summed E-state index contributed by atoms with van der Waals surface area (Å²) < 4.78 is 29.7. The third-order valence-corrected chi connectivity index (χ3v) is 5.20. The first-order valence-electron chi connectivity index (χ1n) is 7.57. The Bertz CT molecular complexity index is 937. The quantitative estimate of drug-likeness (QED) is 0.788. The van der Waals surface area contributed by atoms with Crippen molar-refractivity contribution in [2.24, 2.45) is 0 Å². The third kappa shape index (κ3) is 3.19. The zero-order valence-corrected chi connectivity index (χ0v) is 14.6. The molecule has 0 amide bonds. The van der Waals surface area contributed by atoms with Gasteiger partial charge in [0.1, 0.15) is 0 Å². The summed E-state index contributed by atoms with van der Waals surface area (Å²) in [7, 11) is -3.64. The van der Waals surface area contributed by atoms with Crippen molar-refractivity contribution in [3.8, 4) is 5.69 Å². The van der Waals surface area contributed by atoms with Crippen LogP contribution in [0.2, 0.25) is 0 Å². The van der Waals surface area contributed by atoms with Crippen LogP contribution in [0.15, 0.2) is 59.8 Å². The zero-order valence-electron chi connectivity index (χ0n) is 13.8. The minimum absolute atomic E-state index is 0.220. The molecule has 0 spiro atoms. The van der Waals surface area contributed by atoms with Crippen molar-refractivity contribution in [3.05, 3.63) is 71.5 Å². The number of nitrogens with zero attached hydrogens (tertiary/aromatic N) is 2. The first-order chi connectivity index (χ1) is 11.4. The monoisotopic (exact) mass is 341 g/mol. The van der Waals surface area contributed by atoms with Gasteiger partial charge in [0.25, 0.3) is 10.0 Å². The van der Waals surface area contributed by atoms with Gasteiger partial charge >= 0.3 is 0 Å². The van der Waals surface area contributed by atoms with Crippen LogP contribution in [0.1, 0.15) is 16.7 Å². The van der Waals surface area contributed by atoms with Gasteiger partial charge in [-0.2, -0.15) is 5.10 Å². The van der Waals surface area contributed by atoms with Crippen molar-refractivity contribution in [2.45, 2.75) is 25.7 Å². The molecule has 0 unspecified atom stereocenters. The highest BCUT2D eigenvalue weighted by Gasteiger charge is 2.17. The van der Waals surface area contributed by atoms with Crippen LogP contribution in [-0.2, 0) is 10.0 Å². The van der Waals surface area contributed by atoms with Crippen LogP contribution in [0.3, 0.4) is 0 Å². The lowest BCUT2D eigenvalue weighted by atomic mass is 10.1. The Labute approximate surface area is 142 Å². The summed E-state index contributed by atoms with van der Waals surface area (Å²) in [6.07, 6.45) is 3.48. The van der Waals surface area contributed by atoms with Crippen molar-refractivity contribution in [1.29, 1.82) is 0 Å². The van der Waals surface area contributed by atoms with Crippen LogP contribution in [0.5, 0.6) is 0 Å². The minimum atomic E-state index is -3.64. The van der Waals surface area contributed by atoms with Crippen molar-refractivity contribution in [1.82, 2.24) is 9.78 Å². The highest BCUT2D eigenvalue weighted by molar-refractivity contribution is 7.92. The summed E-state index contributed by atoms with van der Waals surface area (Å²) in [6, 6.07) is 12.4. The van der Waals surface area contributed by atoms with Gasteiger partial charge in [0.05, 0.1) is 16.3 Å². The van der Waals surface area contributed by atoms with Gasteiger partial charge in [-0.25, -0.2) is 13.1 Å². The molecule has 5 nitrogen and oxygen atoms in total. The number of aromatic nitrogens is 2. The Morgan fingerprint density at radius 3 is 2.17 bits per heavy atom. The Balaban J connectivity index is 1.91. The van der Waals surface area contributed by atoms with E-state index >= 15 is 0 Å². The Kier molecular flexibility index (Phi) is 4.15. The maximum Gasteiger partial charge on any atom is 0.261 e. The van der Waals surface area contributed by atoms with Gasteiger partial charge in [-0.05, 0) is 62.2 Å². The largest absolute Gasteiger partial charge is 0.279 e. The van der Waals surface area contributed by atoms with E-state index < -0.39 is 10.0 Å². The average molecular weight is 341 g/mol. The first-order valence-corrected chi connectivity index (χ1v) is 9.06. The van der Waals surface area contributed by atoms with E-state index in [0.29, 0.717) is 5.69 Å². The Morgan fingerprint density at radius 2 is 1.62 bits per heavy atom. The predicted octanol–water partition coefficient (Wildman–Crippen LogP) is 3.60. The van der Waals surface area contributed by atoms with Crippen LogP contribution >= 0.6 is 0 Å². The predicted molar refractivity (Wildman–Crippen MR) is 95.0 cm³/mol. The van der Waals surface area contributed by atoms with Crippen LogP contribution in [0.4, 0.5) is 5.69 Å². The molecule has 0 bridgehead atoms. The first kappa shape index (κ1) is 16.3. The highest BCUT2D eigenvalue weighted by Crippen LogP contribution is 2.25. The maximum absolute atomic E-state index is 12.7. The SMILES string of the molecule is Cc1cc(C)c(NS(=O)(=O)c2ccc(-n3cccn3)cc2)c(C)c1. The second kappa shape index (κ2) is 6.13. The van der Waals surface area contributed by atoms with E-state index in [2.05, 4.69) is 9.82 Å². The summed E-state index contributed by atoms with van der Waals surface area (Å²) >= 11 is 0. The molecule has 1 aromatic heterocycles. The molecular formula is C18H19N3O2S. The molecule has 0 saturated heterocycles. The summed E-state index contributed by atoms with van der Waals surface area (Å²) in [5.74, 6) is 0. The standard InChI is InChI=1S/C18H19N3O2S/c1-13-11-14(2)18(15(3)12-13)20-24(22,23)17-7-5-16(6-8-17)21-10-4-9-19-21/h4-12,20H,1-3H3. The van der Waals surface area contributed by atoms with Crippen LogP contribution in [0, 0.1) is 20.8 Å². The number of aryl methyl sites for hydroxylation is 3. The fourth-order valence-electron chi connectivity index (χ4n) is 2.73. The van der Waals surface area contributed by atoms with Gasteiger partial charge in [0.15, 0.2) is 0 Å². The molecule has 1 heterocycles. The topological polar surface area (TPSA) is 64.0 Å². The summed E-state index contributed by atoms with van der Waals surface area (Å²) in [5.41, 5.74) is 4.36. The molecule has 0 fully saturated rings. The van der Waals surface area contributed by atoms with Crippen molar-refractivity contribution < 1.29 is 8.42 Å². The van der Waals surface area contributed by atoms with Crippen LogP contribution in [-0.4, -0.2) is 18.2 Å². The lowest BCUT2D eigenvalue weighted by molar-refractivity contribution is 0.601. The van der Waals surface area contributed by atoms with Gasteiger partial charge in [-0.15, -0.1) is 0 Å². The molecule has 24 heavy (non-hydrogen) atoms. The van der Waals surface area contributed by atoms with E-state index in [1.54, 1.807) is 41.3 Å². The number of hydrogen-bond donors (Lipinski definition) is 1. The smallest absolute Gasteiger partial charge is 0.261 e. The molecule has 0 saturated carbocycles. The van der Waals surface area contributed by atoms with E-state index in [1.165, 1.54) is 0 Å². The average Bonchev–Trinajstić information content (AvgIpc) is 3.05. The molecular weight excluding hydrogens is 322 g/mol. The Morgan fingerprint density at radius 1 is 1.00 bits per heavy atom. The van der Waals surface area contributed by atoms with E-state index in [0.717, 1.165) is 22.4 Å². The van der Waals surface area contributed by atoms with Gasteiger partial charge < -0.3 is 0 Å². The second-order valence-corrected chi connectivity index (χ2v) is 7.51. The second-order valence-electron chi connectivity index (χ2n) is 5.82. The number of sulfonamides is 1. The summed E-state index contributed by atoms with van der Waals surface area (Å²) in [5, 5.41) is 4.13. The maximum atomic E-state index is 12.7. The number of anilines is 1. The zero-order chi connectivity index (χ0) is 17.3. The van der Waals surface area contributed by atoms with Crippen LogP contribution in [0.25, 0.3) is 5.69 Å². The molecule has 0 aliphatic heterocycles. The Hall–Kier alpha value is -2.60.